The van der Waals surface area contributed by atoms with Crippen LogP contribution in [0.3, 0.4) is 0 Å². The zero-order valence-corrected chi connectivity index (χ0v) is 11.8. The van der Waals surface area contributed by atoms with Crippen LogP contribution in [-0.4, -0.2) is 11.9 Å². The number of carbonyl (C=O) groups is 1. The van der Waals surface area contributed by atoms with Gasteiger partial charge in [-0.25, -0.2) is 4.39 Å². The van der Waals surface area contributed by atoms with Crippen LogP contribution in [0.25, 0.3) is 0 Å². The molecule has 1 atom stereocenters. The Hall–Kier alpha value is -2.56. The van der Waals surface area contributed by atoms with Crippen LogP contribution in [0.1, 0.15) is 22.8 Å². The van der Waals surface area contributed by atoms with E-state index in [1.165, 1.54) is 12.1 Å². The van der Waals surface area contributed by atoms with Crippen molar-refractivity contribution in [3.8, 4) is 0 Å². The summed E-state index contributed by atoms with van der Waals surface area (Å²) in [6.45, 7) is 2.00. The summed E-state index contributed by atoms with van der Waals surface area (Å²) in [6, 6.07) is 11.4. The zero-order chi connectivity index (χ0) is 15.4. The average Bonchev–Trinajstić information content (AvgIpc) is 2.43. The van der Waals surface area contributed by atoms with Crippen LogP contribution in [-0.2, 0) is 6.42 Å². The third-order valence-electron chi connectivity index (χ3n) is 3.19. The van der Waals surface area contributed by atoms with Crippen LogP contribution in [0.4, 0.5) is 15.8 Å². The minimum Gasteiger partial charge on any atom is -0.397 e. The van der Waals surface area contributed by atoms with Gasteiger partial charge in [0.05, 0.1) is 11.4 Å². The molecule has 0 fully saturated rings. The maximum atomic E-state index is 12.9. The van der Waals surface area contributed by atoms with Crippen molar-refractivity contribution in [1.82, 2.24) is 0 Å². The summed E-state index contributed by atoms with van der Waals surface area (Å²) >= 11 is 0. The quantitative estimate of drug-likeness (QED) is 0.739. The van der Waals surface area contributed by atoms with E-state index in [1.807, 2.05) is 6.92 Å². The Morgan fingerprint density at radius 1 is 1.24 bits per heavy atom. The van der Waals surface area contributed by atoms with Crippen molar-refractivity contribution in [2.24, 2.45) is 5.73 Å². The van der Waals surface area contributed by atoms with Crippen LogP contribution in [0.5, 0.6) is 0 Å². The molecule has 4 nitrogen and oxygen atoms in total. The highest BCUT2D eigenvalue weighted by atomic mass is 19.1. The van der Waals surface area contributed by atoms with Gasteiger partial charge < -0.3 is 16.8 Å². The van der Waals surface area contributed by atoms with Crippen LogP contribution in [0, 0.1) is 5.82 Å². The van der Waals surface area contributed by atoms with Gasteiger partial charge in [-0.15, -0.1) is 0 Å². The van der Waals surface area contributed by atoms with Gasteiger partial charge in [0.25, 0.3) is 0 Å². The van der Waals surface area contributed by atoms with Gasteiger partial charge in [0.15, 0.2) is 0 Å². The molecule has 0 spiro atoms. The van der Waals surface area contributed by atoms with Crippen molar-refractivity contribution in [3.63, 3.8) is 0 Å². The molecule has 2 aromatic carbocycles. The molecule has 110 valence electrons. The maximum Gasteiger partial charge on any atom is 0.248 e. The molecule has 0 saturated heterocycles. The smallest absolute Gasteiger partial charge is 0.248 e. The second-order valence-corrected chi connectivity index (χ2v) is 5.04. The Balaban J connectivity index is 2.04. The largest absolute Gasteiger partial charge is 0.397 e. The molecule has 0 radical (unpaired) electrons. The Morgan fingerprint density at radius 3 is 2.48 bits per heavy atom. The molecule has 21 heavy (non-hydrogen) atoms. The van der Waals surface area contributed by atoms with Crippen molar-refractivity contribution in [1.29, 1.82) is 0 Å². The number of hydrogen-bond donors (Lipinski definition) is 3. The number of halogens is 1. The summed E-state index contributed by atoms with van der Waals surface area (Å²) < 4.78 is 12.9. The average molecular weight is 287 g/mol. The summed E-state index contributed by atoms with van der Waals surface area (Å²) in [5, 5.41) is 3.27. The lowest BCUT2D eigenvalue weighted by atomic mass is 10.1. The highest BCUT2D eigenvalue weighted by Crippen LogP contribution is 2.21. The van der Waals surface area contributed by atoms with E-state index in [0.717, 1.165) is 17.7 Å². The molecular weight excluding hydrogens is 269 g/mol. The van der Waals surface area contributed by atoms with Crippen molar-refractivity contribution in [3.05, 3.63) is 59.4 Å². The van der Waals surface area contributed by atoms with E-state index in [2.05, 4.69) is 5.32 Å². The maximum absolute atomic E-state index is 12.9. The predicted molar refractivity (Wildman–Crippen MR) is 82.6 cm³/mol. The molecule has 0 aliphatic carbocycles. The minimum absolute atomic E-state index is 0.109. The highest BCUT2D eigenvalue weighted by Gasteiger charge is 2.08. The fourth-order valence-electron chi connectivity index (χ4n) is 2.14. The third kappa shape index (κ3) is 3.95. The Kier molecular flexibility index (Phi) is 4.42. The summed E-state index contributed by atoms with van der Waals surface area (Å²) in [6.07, 6.45) is 0.733. The lowest BCUT2D eigenvalue weighted by Gasteiger charge is -2.17. The fourth-order valence-corrected chi connectivity index (χ4v) is 2.14. The monoisotopic (exact) mass is 287 g/mol. The van der Waals surface area contributed by atoms with Crippen LogP contribution in [0.15, 0.2) is 42.5 Å². The molecule has 1 amide bonds. The van der Waals surface area contributed by atoms with Gasteiger partial charge >= 0.3 is 0 Å². The molecule has 0 bridgehead atoms. The molecule has 5 heteroatoms. The van der Waals surface area contributed by atoms with Crippen molar-refractivity contribution in [2.75, 3.05) is 11.1 Å². The number of hydrogen-bond acceptors (Lipinski definition) is 3. The van der Waals surface area contributed by atoms with E-state index < -0.39 is 5.91 Å². The first kappa shape index (κ1) is 14.8. The van der Waals surface area contributed by atoms with Gasteiger partial charge in [-0.05, 0) is 49.2 Å². The van der Waals surface area contributed by atoms with E-state index >= 15 is 0 Å². The molecule has 5 N–H and O–H groups in total. The number of carbonyl (C=O) groups excluding carboxylic acids is 1. The number of rotatable bonds is 5. The Morgan fingerprint density at radius 2 is 1.90 bits per heavy atom. The molecule has 0 saturated carbocycles. The van der Waals surface area contributed by atoms with E-state index in [-0.39, 0.29) is 11.9 Å². The second-order valence-electron chi connectivity index (χ2n) is 5.04. The van der Waals surface area contributed by atoms with Gasteiger partial charge in [-0.1, -0.05) is 12.1 Å². The zero-order valence-electron chi connectivity index (χ0n) is 11.8. The van der Waals surface area contributed by atoms with Crippen LogP contribution < -0.4 is 16.8 Å². The molecule has 0 aliphatic heterocycles. The number of nitrogens with two attached hydrogens (primary N) is 2. The minimum atomic E-state index is -0.507. The Bertz CT molecular complexity index is 640. The van der Waals surface area contributed by atoms with E-state index in [4.69, 9.17) is 11.5 Å². The molecule has 0 aliphatic rings. The Labute approximate surface area is 123 Å². The van der Waals surface area contributed by atoms with Gasteiger partial charge in [0.2, 0.25) is 5.91 Å². The molecule has 0 heterocycles. The second kappa shape index (κ2) is 6.26. The number of primary amides is 1. The van der Waals surface area contributed by atoms with Crippen molar-refractivity contribution < 1.29 is 9.18 Å². The lowest BCUT2D eigenvalue weighted by molar-refractivity contribution is 0.100. The third-order valence-corrected chi connectivity index (χ3v) is 3.19. The predicted octanol–water partition coefficient (Wildman–Crippen LogP) is 2.55. The number of anilines is 2. The number of nitrogen functional groups attached to an aromatic ring is 1. The van der Waals surface area contributed by atoms with Gasteiger partial charge in [0.1, 0.15) is 5.82 Å². The van der Waals surface area contributed by atoms with E-state index in [0.29, 0.717) is 11.3 Å². The van der Waals surface area contributed by atoms with Gasteiger partial charge in [-0.3, -0.25) is 4.79 Å². The SMILES string of the molecule is CC(Cc1ccc(F)cc1)Nc1ccc(C(N)=O)cc1N. The van der Waals surface area contributed by atoms with E-state index in [9.17, 15) is 9.18 Å². The van der Waals surface area contributed by atoms with Crippen molar-refractivity contribution in [2.45, 2.75) is 19.4 Å². The first-order chi connectivity index (χ1) is 9.95. The summed E-state index contributed by atoms with van der Waals surface area (Å²) in [5.41, 5.74) is 13.7. The van der Waals surface area contributed by atoms with Crippen LogP contribution in [0.2, 0.25) is 0 Å². The number of benzene rings is 2. The normalized spacial score (nSPS) is 11.9. The highest BCUT2D eigenvalue weighted by molar-refractivity contribution is 5.94. The van der Waals surface area contributed by atoms with Crippen LogP contribution >= 0.6 is 0 Å². The fraction of sp³-hybridized carbons (Fsp3) is 0.188. The summed E-state index contributed by atoms with van der Waals surface area (Å²) in [4.78, 5) is 11.1. The van der Waals surface area contributed by atoms with Gasteiger partial charge in [-0.2, -0.15) is 0 Å². The first-order valence-corrected chi connectivity index (χ1v) is 6.66. The molecule has 2 rings (SSSR count). The molecule has 1 unspecified atom stereocenters. The lowest BCUT2D eigenvalue weighted by Crippen LogP contribution is -2.19. The van der Waals surface area contributed by atoms with Gasteiger partial charge in [0, 0.05) is 11.6 Å². The molecule has 0 aromatic heterocycles. The van der Waals surface area contributed by atoms with Crippen molar-refractivity contribution >= 4 is 17.3 Å². The number of amides is 1. The summed E-state index contributed by atoms with van der Waals surface area (Å²) in [7, 11) is 0. The topological polar surface area (TPSA) is 81.1 Å². The molecule has 2 aromatic rings. The summed E-state index contributed by atoms with van der Waals surface area (Å²) in [5.74, 6) is -0.752. The standard InChI is InChI=1S/C16H18FN3O/c1-10(8-11-2-5-13(17)6-3-11)20-15-7-4-12(16(19)21)9-14(15)18/h2-7,9-10,20H,8,18H2,1H3,(H2,19,21). The first-order valence-electron chi connectivity index (χ1n) is 6.66. The molecular formula is C16H18FN3O. The van der Waals surface area contributed by atoms with E-state index in [1.54, 1.807) is 30.3 Å². The number of nitrogens with one attached hydrogen (secondary N) is 1.